The predicted octanol–water partition coefficient (Wildman–Crippen LogP) is 2.05. The summed E-state index contributed by atoms with van der Waals surface area (Å²) in [4.78, 5) is 11.6. The Kier molecular flexibility index (Phi) is 3.48. The van der Waals surface area contributed by atoms with Gasteiger partial charge in [0.05, 0.1) is 6.54 Å². The highest BCUT2D eigenvalue weighted by atomic mass is 16.1. The maximum atomic E-state index is 11.6. The monoisotopic (exact) mass is 224 g/mol. The fraction of sp³-hybridized carbons (Fsp3) is 0.769. The summed E-state index contributed by atoms with van der Waals surface area (Å²) in [5.74, 6) is 0.0594. The molecular formula is C13H24N2O. The first-order chi connectivity index (χ1) is 7.12. The molecule has 0 bridgehead atoms. The van der Waals surface area contributed by atoms with Crippen LogP contribution in [0.2, 0.25) is 0 Å². The van der Waals surface area contributed by atoms with E-state index in [-0.39, 0.29) is 16.7 Å². The molecule has 0 radical (unpaired) electrons. The molecule has 1 aliphatic rings. The van der Waals surface area contributed by atoms with Gasteiger partial charge in [-0.2, -0.15) is 0 Å². The highest BCUT2D eigenvalue weighted by Crippen LogP contribution is 2.35. The maximum Gasteiger partial charge on any atom is 0.238 e. The molecule has 3 heteroatoms. The van der Waals surface area contributed by atoms with Gasteiger partial charge >= 0.3 is 0 Å². The van der Waals surface area contributed by atoms with Crippen LogP contribution < -0.4 is 10.6 Å². The van der Waals surface area contributed by atoms with Crippen LogP contribution in [0.15, 0.2) is 11.3 Å². The van der Waals surface area contributed by atoms with E-state index in [0.717, 1.165) is 12.2 Å². The van der Waals surface area contributed by atoms with Crippen LogP contribution in [0.1, 0.15) is 41.5 Å². The van der Waals surface area contributed by atoms with Crippen LogP contribution in [0.5, 0.6) is 0 Å². The van der Waals surface area contributed by atoms with Crippen molar-refractivity contribution in [3.63, 3.8) is 0 Å². The summed E-state index contributed by atoms with van der Waals surface area (Å²) in [5.41, 5.74) is 2.43. The van der Waals surface area contributed by atoms with Crippen molar-refractivity contribution in [1.82, 2.24) is 10.6 Å². The number of amides is 1. The van der Waals surface area contributed by atoms with E-state index in [1.807, 2.05) is 0 Å². The third-order valence-electron chi connectivity index (χ3n) is 2.81. The van der Waals surface area contributed by atoms with Crippen LogP contribution in [-0.2, 0) is 4.79 Å². The molecule has 0 saturated heterocycles. The molecule has 1 aliphatic heterocycles. The van der Waals surface area contributed by atoms with Gasteiger partial charge in [0, 0.05) is 17.7 Å². The summed E-state index contributed by atoms with van der Waals surface area (Å²) in [7, 11) is 0. The van der Waals surface area contributed by atoms with Crippen molar-refractivity contribution < 1.29 is 4.79 Å². The van der Waals surface area contributed by atoms with E-state index >= 15 is 0 Å². The minimum absolute atomic E-state index is 0.0235. The molecule has 0 aromatic heterocycles. The van der Waals surface area contributed by atoms with Gasteiger partial charge in [0.1, 0.15) is 0 Å². The molecule has 3 nitrogen and oxygen atoms in total. The van der Waals surface area contributed by atoms with E-state index in [1.165, 1.54) is 5.57 Å². The summed E-state index contributed by atoms with van der Waals surface area (Å²) in [6.07, 6.45) is 0. The van der Waals surface area contributed by atoms with Gasteiger partial charge in [-0.15, -0.1) is 0 Å². The zero-order chi connectivity index (χ0) is 12.6. The van der Waals surface area contributed by atoms with E-state index in [2.05, 4.69) is 52.2 Å². The molecule has 92 valence electrons. The summed E-state index contributed by atoms with van der Waals surface area (Å²) < 4.78 is 0. The Hall–Kier alpha value is -0.830. The minimum atomic E-state index is -0.0235. The largest absolute Gasteiger partial charge is 0.328 e. The average Bonchev–Trinajstić information content (AvgIpc) is 2.23. The molecule has 2 N–H and O–H groups in total. The number of hydrogen-bond donors (Lipinski definition) is 2. The quantitative estimate of drug-likeness (QED) is 0.661. The molecule has 0 aromatic carbocycles. The predicted molar refractivity (Wildman–Crippen MR) is 66.9 cm³/mol. The summed E-state index contributed by atoms with van der Waals surface area (Å²) >= 11 is 0. The van der Waals surface area contributed by atoms with Gasteiger partial charge in [-0.25, -0.2) is 0 Å². The third kappa shape index (κ3) is 3.08. The second-order valence-corrected chi connectivity index (χ2v) is 6.51. The van der Waals surface area contributed by atoms with Crippen LogP contribution in [0, 0.1) is 10.8 Å². The molecule has 1 heterocycles. The first-order valence-corrected chi connectivity index (χ1v) is 5.87. The SMILES string of the molecule is CC(C)(C)C1=C(C(C)(C)C)NC(=O)CNC1. The first kappa shape index (κ1) is 13.2. The maximum absolute atomic E-state index is 11.6. The molecular weight excluding hydrogens is 200 g/mol. The number of rotatable bonds is 0. The smallest absolute Gasteiger partial charge is 0.238 e. The number of allylic oxidation sites excluding steroid dienone is 1. The lowest BCUT2D eigenvalue weighted by molar-refractivity contribution is -0.119. The molecule has 0 unspecified atom stereocenters. The topological polar surface area (TPSA) is 41.1 Å². The highest BCUT2D eigenvalue weighted by molar-refractivity contribution is 5.80. The van der Waals surface area contributed by atoms with Crippen LogP contribution in [-0.4, -0.2) is 19.0 Å². The number of carbonyl (C=O) groups is 1. The van der Waals surface area contributed by atoms with Gasteiger partial charge in [-0.3, -0.25) is 4.79 Å². The van der Waals surface area contributed by atoms with E-state index in [1.54, 1.807) is 0 Å². The van der Waals surface area contributed by atoms with E-state index in [0.29, 0.717) is 6.54 Å². The second-order valence-electron chi connectivity index (χ2n) is 6.51. The van der Waals surface area contributed by atoms with Crippen molar-refractivity contribution in [1.29, 1.82) is 0 Å². The zero-order valence-corrected chi connectivity index (χ0v) is 11.3. The van der Waals surface area contributed by atoms with Crippen molar-refractivity contribution >= 4 is 5.91 Å². The fourth-order valence-electron chi connectivity index (χ4n) is 1.93. The Morgan fingerprint density at radius 3 is 1.94 bits per heavy atom. The number of nitrogens with one attached hydrogen (secondary N) is 2. The standard InChI is InChI=1S/C13H24N2O/c1-12(2,3)9-7-14-8-10(16)15-11(9)13(4,5)6/h14H,7-8H2,1-6H3,(H,15,16). The Morgan fingerprint density at radius 2 is 1.50 bits per heavy atom. The van der Waals surface area contributed by atoms with Crippen molar-refractivity contribution in [2.75, 3.05) is 13.1 Å². The lowest BCUT2D eigenvalue weighted by Gasteiger charge is -2.32. The number of carbonyl (C=O) groups excluding carboxylic acids is 1. The lowest BCUT2D eigenvalue weighted by atomic mass is 9.78. The fourth-order valence-corrected chi connectivity index (χ4v) is 1.93. The van der Waals surface area contributed by atoms with E-state index in [4.69, 9.17) is 0 Å². The lowest BCUT2D eigenvalue weighted by Crippen LogP contribution is -2.34. The highest BCUT2D eigenvalue weighted by Gasteiger charge is 2.30. The zero-order valence-electron chi connectivity index (χ0n) is 11.3. The Balaban J connectivity index is 3.23. The molecule has 1 amide bonds. The van der Waals surface area contributed by atoms with Crippen molar-refractivity contribution in [2.45, 2.75) is 41.5 Å². The van der Waals surface area contributed by atoms with Gasteiger partial charge in [0.2, 0.25) is 5.91 Å². The van der Waals surface area contributed by atoms with Crippen LogP contribution in [0.4, 0.5) is 0 Å². The van der Waals surface area contributed by atoms with Crippen molar-refractivity contribution in [2.24, 2.45) is 10.8 Å². The third-order valence-corrected chi connectivity index (χ3v) is 2.81. The van der Waals surface area contributed by atoms with Crippen LogP contribution in [0.25, 0.3) is 0 Å². The first-order valence-electron chi connectivity index (χ1n) is 5.87. The molecule has 0 aliphatic carbocycles. The van der Waals surface area contributed by atoms with E-state index < -0.39 is 0 Å². The molecule has 0 aromatic rings. The average molecular weight is 224 g/mol. The Morgan fingerprint density at radius 1 is 0.938 bits per heavy atom. The van der Waals surface area contributed by atoms with Gasteiger partial charge in [-0.1, -0.05) is 41.5 Å². The summed E-state index contributed by atoms with van der Waals surface area (Å²) in [6, 6.07) is 0. The van der Waals surface area contributed by atoms with Crippen LogP contribution in [0.3, 0.4) is 0 Å². The van der Waals surface area contributed by atoms with Gasteiger partial charge in [0.25, 0.3) is 0 Å². The Bertz CT molecular complexity index is 316. The molecule has 16 heavy (non-hydrogen) atoms. The van der Waals surface area contributed by atoms with E-state index in [9.17, 15) is 4.79 Å². The molecule has 1 rings (SSSR count). The molecule has 0 saturated carbocycles. The minimum Gasteiger partial charge on any atom is -0.328 e. The second kappa shape index (κ2) is 4.21. The van der Waals surface area contributed by atoms with Gasteiger partial charge in [-0.05, 0) is 11.0 Å². The Labute approximate surface area is 98.7 Å². The normalized spacial score (nSPS) is 19.5. The molecule has 0 atom stereocenters. The van der Waals surface area contributed by atoms with Crippen LogP contribution >= 0.6 is 0 Å². The van der Waals surface area contributed by atoms with Crippen molar-refractivity contribution in [3.05, 3.63) is 11.3 Å². The van der Waals surface area contributed by atoms with Gasteiger partial charge < -0.3 is 10.6 Å². The van der Waals surface area contributed by atoms with Gasteiger partial charge in [0.15, 0.2) is 0 Å². The number of hydrogen-bond acceptors (Lipinski definition) is 2. The molecule has 0 fully saturated rings. The van der Waals surface area contributed by atoms with Crippen molar-refractivity contribution in [3.8, 4) is 0 Å². The summed E-state index contributed by atoms with van der Waals surface area (Å²) in [5, 5.41) is 6.24. The summed E-state index contributed by atoms with van der Waals surface area (Å²) in [6.45, 7) is 14.2. The molecule has 0 spiro atoms.